The van der Waals surface area contributed by atoms with Crippen molar-refractivity contribution in [2.24, 2.45) is 0 Å². The number of nitrogens with zero attached hydrogens (tertiary/aromatic N) is 4. The molecule has 23 heavy (non-hydrogen) atoms. The van der Waals surface area contributed by atoms with Crippen LogP contribution in [0.4, 0.5) is 5.82 Å². The predicted octanol–water partition coefficient (Wildman–Crippen LogP) is 2.34. The van der Waals surface area contributed by atoms with E-state index >= 15 is 0 Å². The maximum absolute atomic E-state index is 9.55. The van der Waals surface area contributed by atoms with Crippen molar-refractivity contribution in [3.63, 3.8) is 0 Å². The maximum Gasteiger partial charge on any atom is 0.163 e. The molecule has 0 aliphatic heterocycles. The van der Waals surface area contributed by atoms with Crippen molar-refractivity contribution in [2.45, 2.75) is 38.3 Å². The molecule has 2 aromatic rings. The van der Waals surface area contributed by atoms with E-state index in [1.54, 1.807) is 0 Å². The van der Waals surface area contributed by atoms with Crippen LogP contribution in [0.25, 0.3) is 11.0 Å². The van der Waals surface area contributed by atoms with Gasteiger partial charge in [-0.1, -0.05) is 30.9 Å². The lowest BCUT2D eigenvalue weighted by atomic mass is 9.90. The van der Waals surface area contributed by atoms with Gasteiger partial charge < -0.3 is 10.8 Å². The molecule has 1 aliphatic carbocycles. The summed E-state index contributed by atoms with van der Waals surface area (Å²) in [5.74, 6) is 0.432. The van der Waals surface area contributed by atoms with Crippen molar-refractivity contribution in [1.29, 1.82) is 0 Å². The number of hydrogen-bond donors (Lipinski definition) is 2. The standard InChI is InChI=1S/C17H21N5O/c1-3-4-5-6-11(2)7-14-15-16(18)19-10-20-17(15)22(21-14)12-8-13(23)9-12/h3-6,10,12-13,23H,2,7-9H2,1H3,(H2,18,19,20)/b4-3-,6-5-. The highest BCUT2D eigenvalue weighted by molar-refractivity contribution is 5.88. The number of nitrogen functional groups attached to an aromatic ring is 1. The highest BCUT2D eigenvalue weighted by Gasteiger charge is 2.32. The Labute approximate surface area is 135 Å². The highest BCUT2D eigenvalue weighted by Crippen LogP contribution is 2.35. The molecule has 0 spiro atoms. The fraction of sp³-hybridized carbons (Fsp3) is 0.353. The lowest BCUT2D eigenvalue weighted by Gasteiger charge is -2.31. The van der Waals surface area contributed by atoms with Crippen molar-refractivity contribution < 1.29 is 5.11 Å². The topological polar surface area (TPSA) is 89.8 Å². The van der Waals surface area contributed by atoms with Gasteiger partial charge in [0.05, 0.1) is 23.2 Å². The molecule has 1 saturated carbocycles. The maximum atomic E-state index is 9.55. The summed E-state index contributed by atoms with van der Waals surface area (Å²) < 4.78 is 1.87. The molecule has 2 heterocycles. The largest absolute Gasteiger partial charge is 0.393 e. The van der Waals surface area contributed by atoms with E-state index in [-0.39, 0.29) is 12.1 Å². The number of aliphatic hydroxyl groups excluding tert-OH is 1. The summed E-state index contributed by atoms with van der Waals surface area (Å²) in [7, 11) is 0. The van der Waals surface area contributed by atoms with Gasteiger partial charge in [0.25, 0.3) is 0 Å². The van der Waals surface area contributed by atoms with Crippen molar-refractivity contribution in [3.8, 4) is 0 Å². The minimum Gasteiger partial charge on any atom is -0.393 e. The third-order valence-corrected chi connectivity index (χ3v) is 4.05. The molecule has 0 unspecified atom stereocenters. The first-order chi connectivity index (χ1) is 11.1. The number of aliphatic hydroxyl groups is 1. The first-order valence-electron chi connectivity index (χ1n) is 7.73. The van der Waals surface area contributed by atoms with Crippen LogP contribution in [0.5, 0.6) is 0 Å². The third-order valence-electron chi connectivity index (χ3n) is 4.05. The smallest absolute Gasteiger partial charge is 0.163 e. The molecule has 0 saturated heterocycles. The summed E-state index contributed by atoms with van der Waals surface area (Å²) in [6, 6.07) is 0.169. The third kappa shape index (κ3) is 3.03. The molecule has 0 amide bonds. The SMILES string of the molecule is C=C(/C=C\C=C/C)Cc1nn(C2CC(O)C2)c2ncnc(N)c12. The fourth-order valence-electron chi connectivity index (χ4n) is 2.78. The van der Waals surface area contributed by atoms with Crippen LogP contribution in [0.15, 0.2) is 42.8 Å². The molecule has 1 fully saturated rings. The van der Waals surface area contributed by atoms with Gasteiger partial charge in [-0.25, -0.2) is 14.6 Å². The molecular weight excluding hydrogens is 290 g/mol. The van der Waals surface area contributed by atoms with Crippen molar-refractivity contribution >= 4 is 16.9 Å². The second kappa shape index (κ2) is 6.34. The van der Waals surface area contributed by atoms with E-state index in [9.17, 15) is 5.11 Å². The van der Waals surface area contributed by atoms with Crippen LogP contribution in [0.1, 0.15) is 31.5 Å². The lowest BCUT2D eigenvalue weighted by Crippen LogP contribution is -2.31. The van der Waals surface area contributed by atoms with Gasteiger partial charge in [-0.05, 0) is 25.3 Å². The van der Waals surface area contributed by atoms with Crippen LogP contribution in [0.2, 0.25) is 0 Å². The van der Waals surface area contributed by atoms with E-state index in [1.807, 2.05) is 35.9 Å². The Morgan fingerprint density at radius 2 is 2.22 bits per heavy atom. The number of anilines is 1. The second-order valence-corrected chi connectivity index (χ2v) is 5.85. The minimum absolute atomic E-state index is 0.169. The molecule has 0 aromatic carbocycles. The van der Waals surface area contributed by atoms with Gasteiger partial charge in [-0.2, -0.15) is 5.10 Å². The number of allylic oxidation sites excluding steroid dienone is 5. The molecule has 2 aromatic heterocycles. The van der Waals surface area contributed by atoms with E-state index in [4.69, 9.17) is 5.73 Å². The van der Waals surface area contributed by atoms with E-state index in [0.29, 0.717) is 25.1 Å². The van der Waals surface area contributed by atoms with Crippen molar-refractivity contribution in [3.05, 3.63) is 48.5 Å². The van der Waals surface area contributed by atoms with E-state index in [0.717, 1.165) is 22.3 Å². The summed E-state index contributed by atoms with van der Waals surface area (Å²) in [5.41, 5.74) is 8.54. The summed E-state index contributed by atoms with van der Waals surface area (Å²) in [4.78, 5) is 8.43. The molecule has 0 atom stereocenters. The monoisotopic (exact) mass is 311 g/mol. The Balaban J connectivity index is 1.95. The number of fused-ring (bicyclic) bond motifs is 1. The lowest BCUT2D eigenvalue weighted by molar-refractivity contribution is 0.0449. The molecule has 6 heteroatoms. The zero-order valence-electron chi connectivity index (χ0n) is 13.2. The van der Waals surface area contributed by atoms with Gasteiger partial charge in [-0.3, -0.25) is 0 Å². The van der Waals surface area contributed by atoms with Gasteiger partial charge in [-0.15, -0.1) is 0 Å². The summed E-state index contributed by atoms with van der Waals surface area (Å²) in [6.45, 7) is 6.03. The van der Waals surface area contributed by atoms with E-state index in [2.05, 4.69) is 21.6 Å². The molecule has 3 rings (SSSR count). The van der Waals surface area contributed by atoms with Crippen LogP contribution in [-0.4, -0.2) is 31.0 Å². The zero-order chi connectivity index (χ0) is 16.4. The Kier molecular flexibility index (Phi) is 4.25. The summed E-state index contributed by atoms with van der Waals surface area (Å²) in [6.07, 6.45) is 11.0. The van der Waals surface area contributed by atoms with E-state index in [1.165, 1.54) is 6.33 Å². The second-order valence-electron chi connectivity index (χ2n) is 5.85. The van der Waals surface area contributed by atoms with Crippen LogP contribution >= 0.6 is 0 Å². The van der Waals surface area contributed by atoms with Gasteiger partial charge in [0.2, 0.25) is 0 Å². The summed E-state index contributed by atoms with van der Waals surface area (Å²) in [5, 5.41) is 15.0. The average molecular weight is 311 g/mol. The number of aromatic nitrogens is 4. The van der Waals surface area contributed by atoms with Gasteiger partial charge in [0, 0.05) is 6.42 Å². The van der Waals surface area contributed by atoms with E-state index < -0.39 is 0 Å². The van der Waals surface area contributed by atoms with Gasteiger partial charge in [0.1, 0.15) is 12.1 Å². The molecule has 3 N–H and O–H groups in total. The number of rotatable bonds is 5. The normalized spacial score (nSPS) is 21.3. The summed E-state index contributed by atoms with van der Waals surface area (Å²) >= 11 is 0. The average Bonchev–Trinajstić information content (AvgIpc) is 2.84. The Morgan fingerprint density at radius 3 is 2.91 bits per heavy atom. The van der Waals surface area contributed by atoms with Crippen LogP contribution < -0.4 is 5.73 Å². The molecule has 6 nitrogen and oxygen atoms in total. The zero-order valence-corrected chi connectivity index (χ0v) is 13.2. The fourth-order valence-corrected chi connectivity index (χ4v) is 2.78. The number of nitrogens with two attached hydrogens (primary N) is 1. The van der Waals surface area contributed by atoms with Crippen LogP contribution in [0.3, 0.4) is 0 Å². The first-order valence-corrected chi connectivity index (χ1v) is 7.73. The molecular formula is C17H21N5O. The van der Waals surface area contributed by atoms with Gasteiger partial charge >= 0.3 is 0 Å². The highest BCUT2D eigenvalue weighted by atomic mass is 16.3. The quantitative estimate of drug-likeness (QED) is 0.827. The Bertz CT molecular complexity index is 784. The Morgan fingerprint density at radius 1 is 1.43 bits per heavy atom. The first kappa shape index (κ1) is 15.4. The predicted molar refractivity (Wildman–Crippen MR) is 90.8 cm³/mol. The minimum atomic E-state index is -0.249. The Hall–Kier alpha value is -2.47. The molecule has 120 valence electrons. The number of hydrogen-bond acceptors (Lipinski definition) is 5. The van der Waals surface area contributed by atoms with Gasteiger partial charge in [0.15, 0.2) is 5.65 Å². The van der Waals surface area contributed by atoms with Crippen molar-refractivity contribution in [1.82, 2.24) is 19.7 Å². The van der Waals surface area contributed by atoms with Crippen molar-refractivity contribution in [2.75, 3.05) is 5.73 Å². The molecule has 1 aliphatic rings. The molecule has 0 radical (unpaired) electrons. The van der Waals surface area contributed by atoms with Crippen LogP contribution in [-0.2, 0) is 6.42 Å². The molecule has 0 bridgehead atoms. The van der Waals surface area contributed by atoms with Crippen LogP contribution in [0, 0.1) is 0 Å².